The summed E-state index contributed by atoms with van der Waals surface area (Å²) < 4.78 is 0. The molecular formula is C13H12N2O2S. The lowest BCUT2D eigenvalue weighted by Gasteiger charge is -2.09. The van der Waals surface area contributed by atoms with Crippen LogP contribution in [0.5, 0.6) is 0 Å². The van der Waals surface area contributed by atoms with Crippen molar-refractivity contribution in [2.45, 2.75) is 0 Å². The van der Waals surface area contributed by atoms with E-state index in [-0.39, 0.29) is 11.8 Å². The Bertz CT molecular complexity index is 564. The first-order valence-electron chi connectivity index (χ1n) is 5.37. The average Bonchev–Trinajstić information content (AvgIpc) is 2.92. The number of nitrogens with one attached hydrogen (secondary N) is 2. The fourth-order valence-corrected chi connectivity index (χ4v) is 2.15. The molecule has 2 rings (SSSR count). The molecule has 2 amide bonds. The number of benzene rings is 1. The molecule has 0 saturated carbocycles. The first-order valence-corrected chi connectivity index (χ1v) is 6.31. The molecule has 2 aromatic rings. The van der Waals surface area contributed by atoms with Crippen molar-refractivity contribution in [3.05, 3.63) is 52.2 Å². The van der Waals surface area contributed by atoms with Crippen molar-refractivity contribution in [1.29, 1.82) is 0 Å². The second-order valence-corrected chi connectivity index (χ2v) is 4.37. The molecule has 0 aliphatic rings. The molecule has 0 bridgehead atoms. The van der Waals surface area contributed by atoms with Crippen LogP contribution in [0.15, 0.2) is 41.1 Å². The van der Waals surface area contributed by atoms with Crippen LogP contribution in [0.3, 0.4) is 0 Å². The van der Waals surface area contributed by atoms with Crippen molar-refractivity contribution >= 4 is 28.8 Å². The highest BCUT2D eigenvalue weighted by molar-refractivity contribution is 7.08. The standard InChI is InChI=1S/C13H12N2O2S/c1-14-13(17)10-4-2-3-5-11(10)15-12(16)9-6-7-18-8-9/h2-8H,1H3,(H,14,17)(H,15,16). The molecule has 0 fully saturated rings. The van der Waals surface area contributed by atoms with Gasteiger partial charge in [-0.2, -0.15) is 11.3 Å². The molecule has 18 heavy (non-hydrogen) atoms. The van der Waals surface area contributed by atoms with E-state index in [9.17, 15) is 9.59 Å². The smallest absolute Gasteiger partial charge is 0.256 e. The normalized spacial score (nSPS) is 9.83. The van der Waals surface area contributed by atoms with E-state index in [1.54, 1.807) is 42.8 Å². The summed E-state index contributed by atoms with van der Waals surface area (Å²) in [6.45, 7) is 0. The van der Waals surface area contributed by atoms with Gasteiger partial charge in [0.05, 0.1) is 16.8 Å². The molecule has 0 radical (unpaired) electrons. The maximum Gasteiger partial charge on any atom is 0.256 e. The van der Waals surface area contributed by atoms with Crippen molar-refractivity contribution < 1.29 is 9.59 Å². The van der Waals surface area contributed by atoms with Gasteiger partial charge >= 0.3 is 0 Å². The van der Waals surface area contributed by atoms with E-state index >= 15 is 0 Å². The zero-order valence-corrected chi connectivity index (χ0v) is 10.6. The van der Waals surface area contributed by atoms with Gasteiger partial charge in [0, 0.05) is 12.4 Å². The van der Waals surface area contributed by atoms with E-state index in [2.05, 4.69) is 10.6 Å². The van der Waals surface area contributed by atoms with Crippen LogP contribution in [-0.4, -0.2) is 18.9 Å². The molecule has 0 saturated heterocycles. The highest BCUT2D eigenvalue weighted by Crippen LogP contribution is 2.16. The zero-order valence-electron chi connectivity index (χ0n) is 9.77. The number of hydrogen-bond acceptors (Lipinski definition) is 3. The summed E-state index contributed by atoms with van der Waals surface area (Å²) in [4.78, 5) is 23.5. The SMILES string of the molecule is CNC(=O)c1ccccc1NC(=O)c1ccsc1. The predicted octanol–water partition coefficient (Wildman–Crippen LogP) is 2.36. The van der Waals surface area contributed by atoms with E-state index in [4.69, 9.17) is 0 Å². The number of rotatable bonds is 3. The Morgan fingerprint density at radius 1 is 1.11 bits per heavy atom. The molecule has 5 heteroatoms. The lowest BCUT2D eigenvalue weighted by atomic mass is 10.1. The average molecular weight is 260 g/mol. The summed E-state index contributed by atoms with van der Waals surface area (Å²) in [7, 11) is 1.56. The molecule has 1 aromatic heterocycles. The van der Waals surface area contributed by atoms with E-state index in [1.165, 1.54) is 11.3 Å². The van der Waals surface area contributed by atoms with Gasteiger partial charge in [-0.15, -0.1) is 0 Å². The Hall–Kier alpha value is -2.14. The summed E-state index contributed by atoms with van der Waals surface area (Å²) in [5.74, 6) is -0.441. The van der Waals surface area contributed by atoms with Crippen molar-refractivity contribution in [2.24, 2.45) is 0 Å². The second-order valence-electron chi connectivity index (χ2n) is 3.59. The van der Waals surface area contributed by atoms with Crippen LogP contribution in [0.25, 0.3) is 0 Å². The number of carbonyl (C=O) groups is 2. The predicted molar refractivity (Wildman–Crippen MR) is 72.1 cm³/mol. The third kappa shape index (κ3) is 2.57. The molecule has 2 N–H and O–H groups in total. The number of carbonyl (C=O) groups excluding carboxylic acids is 2. The number of thiophene rings is 1. The fourth-order valence-electron chi connectivity index (χ4n) is 1.51. The Balaban J connectivity index is 2.24. The van der Waals surface area contributed by atoms with Crippen LogP contribution in [0.2, 0.25) is 0 Å². The summed E-state index contributed by atoms with van der Waals surface area (Å²) in [6, 6.07) is 8.64. The molecule has 0 spiro atoms. The third-order valence-corrected chi connectivity index (χ3v) is 3.11. The Labute approximate surface area is 109 Å². The van der Waals surface area contributed by atoms with Crippen molar-refractivity contribution in [2.75, 3.05) is 12.4 Å². The molecule has 0 atom stereocenters. The minimum absolute atomic E-state index is 0.215. The second kappa shape index (κ2) is 5.46. The maximum atomic E-state index is 11.9. The molecule has 1 heterocycles. The van der Waals surface area contributed by atoms with Crippen molar-refractivity contribution in [1.82, 2.24) is 5.32 Å². The lowest BCUT2D eigenvalue weighted by Crippen LogP contribution is -2.21. The summed E-state index contributed by atoms with van der Waals surface area (Å²) >= 11 is 1.45. The summed E-state index contributed by atoms with van der Waals surface area (Å²) in [6.07, 6.45) is 0. The van der Waals surface area contributed by atoms with Crippen LogP contribution in [0.4, 0.5) is 5.69 Å². The van der Waals surface area contributed by atoms with Crippen molar-refractivity contribution in [3.63, 3.8) is 0 Å². The summed E-state index contributed by atoms with van der Waals surface area (Å²) in [5, 5.41) is 8.87. The van der Waals surface area contributed by atoms with E-state index < -0.39 is 0 Å². The first kappa shape index (κ1) is 12.3. The Morgan fingerprint density at radius 2 is 1.89 bits per heavy atom. The van der Waals surface area contributed by atoms with Gasteiger partial charge in [0.1, 0.15) is 0 Å². The van der Waals surface area contributed by atoms with E-state index in [0.29, 0.717) is 16.8 Å². The Kier molecular flexibility index (Phi) is 3.74. The number of amides is 2. The molecule has 0 unspecified atom stereocenters. The molecule has 0 aliphatic heterocycles. The van der Waals surface area contributed by atoms with Crippen LogP contribution < -0.4 is 10.6 Å². The number of para-hydroxylation sites is 1. The molecule has 4 nitrogen and oxygen atoms in total. The molecular weight excluding hydrogens is 248 g/mol. The van der Waals surface area contributed by atoms with Crippen LogP contribution in [0, 0.1) is 0 Å². The number of hydrogen-bond donors (Lipinski definition) is 2. The highest BCUT2D eigenvalue weighted by Gasteiger charge is 2.12. The van der Waals surface area contributed by atoms with Gasteiger partial charge in [0.2, 0.25) is 0 Å². The lowest BCUT2D eigenvalue weighted by molar-refractivity contribution is 0.0964. The van der Waals surface area contributed by atoms with Gasteiger partial charge in [-0.3, -0.25) is 9.59 Å². The zero-order chi connectivity index (χ0) is 13.0. The molecule has 92 valence electrons. The maximum absolute atomic E-state index is 11.9. The van der Waals surface area contributed by atoms with E-state index in [0.717, 1.165) is 0 Å². The topological polar surface area (TPSA) is 58.2 Å². The first-order chi connectivity index (χ1) is 8.72. The highest BCUT2D eigenvalue weighted by atomic mass is 32.1. The van der Waals surface area contributed by atoms with Gasteiger partial charge in [0.25, 0.3) is 11.8 Å². The van der Waals surface area contributed by atoms with Crippen molar-refractivity contribution in [3.8, 4) is 0 Å². The van der Waals surface area contributed by atoms with Crippen LogP contribution in [-0.2, 0) is 0 Å². The number of anilines is 1. The van der Waals surface area contributed by atoms with Gasteiger partial charge < -0.3 is 10.6 Å². The van der Waals surface area contributed by atoms with Gasteiger partial charge in [0.15, 0.2) is 0 Å². The molecule has 0 aliphatic carbocycles. The minimum Gasteiger partial charge on any atom is -0.355 e. The summed E-state index contributed by atoms with van der Waals surface area (Å²) in [5.41, 5.74) is 1.54. The van der Waals surface area contributed by atoms with Gasteiger partial charge in [-0.1, -0.05) is 12.1 Å². The van der Waals surface area contributed by atoms with Crippen LogP contribution in [0.1, 0.15) is 20.7 Å². The third-order valence-electron chi connectivity index (χ3n) is 2.43. The molecule has 1 aromatic carbocycles. The minimum atomic E-state index is -0.226. The largest absolute Gasteiger partial charge is 0.355 e. The van der Waals surface area contributed by atoms with Crippen LogP contribution >= 0.6 is 11.3 Å². The van der Waals surface area contributed by atoms with Gasteiger partial charge in [-0.25, -0.2) is 0 Å². The quantitative estimate of drug-likeness (QED) is 0.890. The van der Waals surface area contributed by atoms with E-state index in [1.807, 2.05) is 5.38 Å². The Morgan fingerprint density at radius 3 is 2.56 bits per heavy atom. The fraction of sp³-hybridized carbons (Fsp3) is 0.0769. The monoisotopic (exact) mass is 260 g/mol. The van der Waals surface area contributed by atoms with Gasteiger partial charge in [-0.05, 0) is 23.6 Å².